The molecule has 0 spiro atoms. The van der Waals surface area contributed by atoms with E-state index in [2.05, 4.69) is 29.1 Å². The van der Waals surface area contributed by atoms with Crippen molar-refractivity contribution in [2.24, 2.45) is 5.92 Å². The van der Waals surface area contributed by atoms with Gasteiger partial charge in [0, 0.05) is 18.3 Å². The fourth-order valence-electron chi connectivity index (χ4n) is 2.08. The van der Waals surface area contributed by atoms with E-state index in [0.717, 1.165) is 43.3 Å². The second kappa shape index (κ2) is 5.45. The third-order valence-electron chi connectivity index (χ3n) is 2.79. The van der Waals surface area contributed by atoms with Gasteiger partial charge in [-0.05, 0) is 32.2 Å². The molecule has 0 amide bonds. The Hall–Kier alpha value is -1.16. The van der Waals surface area contributed by atoms with Gasteiger partial charge in [0.15, 0.2) is 0 Å². The van der Waals surface area contributed by atoms with E-state index in [1.807, 2.05) is 13.0 Å². The van der Waals surface area contributed by atoms with E-state index in [0.29, 0.717) is 5.92 Å². The Labute approximate surface area is 103 Å². The summed E-state index contributed by atoms with van der Waals surface area (Å²) in [6, 6.07) is 1.98. The lowest BCUT2D eigenvalue weighted by molar-refractivity contribution is 0.213. The van der Waals surface area contributed by atoms with Gasteiger partial charge in [0.05, 0.1) is 0 Å². The molecule has 1 saturated heterocycles. The maximum atomic E-state index is 5.86. The monoisotopic (exact) mass is 235 g/mol. The van der Waals surface area contributed by atoms with Crippen molar-refractivity contribution < 1.29 is 4.74 Å². The zero-order chi connectivity index (χ0) is 12.3. The first kappa shape index (κ1) is 12.3. The highest BCUT2D eigenvalue weighted by atomic mass is 16.5. The molecule has 94 valence electrons. The summed E-state index contributed by atoms with van der Waals surface area (Å²) in [6.45, 7) is 8.26. The van der Waals surface area contributed by atoms with Gasteiger partial charge >= 0.3 is 0 Å². The lowest BCUT2D eigenvalue weighted by atomic mass is 10.1. The van der Waals surface area contributed by atoms with Crippen LogP contribution in [0, 0.1) is 12.8 Å². The summed E-state index contributed by atoms with van der Waals surface area (Å²) < 4.78 is 5.86. The molecule has 1 aromatic rings. The topological polar surface area (TPSA) is 47.0 Å². The van der Waals surface area contributed by atoms with Crippen molar-refractivity contribution in [3.8, 4) is 5.88 Å². The van der Waals surface area contributed by atoms with Crippen molar-refractivity contribution in [3.05, 3.63) is 17.6 Å². The molecule has 4 nitrogen and oxygen atoms in total. The van der Waals surface area contributed by atoms with Crippen LogP contribution in [0.1, 0.15) is 31.8 Å². The average molecular weight is 235 g/mol. The van der Waals surface area contributed by atoms with E-state index in [4.69, 9.17) is 4.74 Å². The van der Waals surface area contributed by atoms with Crippen LogP contribution in [0.4, 0.5) is 0 Å². The molecule has 4 heteroatoms. The number of ether oxygens (including phenoxy) is 1. The highest BCUT2D eigenvalue weighted by molar-refractivity contribution is 5.17. The van der Waals surface area contributed by atoms with E-state index < -0.39 is 0 Å². The first-order chi connectivity index (χ1) is 8.13. The minimum atomic E-state index is 0.260. The van der Waals surface area contributed by atoms with Crippen molar-refractivity contribution in [1.29, 1.82) is 0 Å². The Morgan fingerprint density at radius 3 is 2.94 bits per heavy atom. The smallest absolute Gasteiger partial charge is 0.217 e. The fourth-order valence-corrected chi connectivity index (χ4v) is 2.08. The van der Waals surface area contributed by atoms with Crippen LogP contribution < -0.4 is 10.1 Å². The second-order valence-corrected chi connectivity index (χ2v) is 5.08. The average Bonchev–Trinajstić information content (AvgIpc) is 2.67. The van der Waals surface area contributed by atoms with Crippen LogP contribution in [0.2, 0.25) is 0 Å². The Kier molecular flexibility index (Phi) is 3.94. The number of aromatic nitrogens is 2. The molecule has 1 N–H and O–H groups in total. The Balaban J connectivity index is 2.07. The standard InChI is InChI=1S/C13H21N3O/c1-9(2)6-11-7-13(16-10(3)15-11)17-12-4-5-14-8-12/h7,9,12,14H,4-6,8H2,1-3H3. The molecule has 2 rings (SSSR count). The molecule has 0 radical (unpaired) electrons. The SMILES string of the molecule is Cc1nc(CC(C)C)cc(OC2CCNC2)n1. The predicted molar refractivity (Wildman–Crippen MR) is 67.2 cm³/mol. The summed E-state index contributed by atoms with van der Waals surface area (Å²) in [7, 11) is 0. The third-order valence-corrected chi connectivity index (χ3v) is 2.79. The molecule has 0 saturated carbocycles. The molecule has 0 aliphatic carbocycles. The summed E-state index contributed by atoms with van der Waals surface area (Å²) in [5.41, 5.74) is 1.08. The zero-order valence-electron chi connectivity index (χ0n) is 10.9. The van der Waals surface area contributed by atoms with Gasteiger partial charge in [-0.1, -0.05) is 13.8 Å². The number of hydrogen-bond donors (Lipinski definition) is 1. The highest BCUT2D eigenvalue weighted by Gasteiger charge is 2.17. The Morgan fingerprint density at radius 2 is 2.29 bits per heavy atom. The minimum absolute atomic E-state index is 0.260. The summed E-state index contributed by atoms with van der Waals surface area (Å²) in [5, 5.41) is 3.29. The quantitative estimate of drug-likeness (QED) is 0.863. The van der Waals surface area contributed by atoms with Crippen LogP contribution in [-0.2, 0) is 6.42 Å². The van der Waals surface area contributed by atoms with Gasteiger partial charge in [0.1, 0.15) is 11.9 Å². The second-order valence-electron chi connectivity index (χ2n) is 5.08. The van der Waals surface area contributed by atoms with E-state index in [9.17, 15) is 0 Å². The van der Waals surface area contributed by atoms with Crippen LogP contribution in [0.3, 0.4) is 0 Å². The molecule has 1 atom stereocenters. The zero-order valence-corrected chi connectivity index (χ0v) is 10.9. The maximum Gasteiger partial charge on any atom is 0.217 e. The van der Waals surface area contributed by atoms with Gasteiger partial charge in [-0.15, -0.1) is 0 Å². The third kappa shape index (κ3) is 3.66. The minimum Gasteiger partial charge on any atom is -0.473 e. The molecular weight excluding hydrogens is 214 g/mol. The van der Waals surface area contributed by atoms with Crippen molar-refractivity contribution >= 4 is 0 Å². The van der Waals surface area contributed by atoms with Crippen molar-refractivity contribution in [1.82, 2.24) is 15.3 Å². The normalized spacial score (nSPS) is 19.9. The number of nitrogens with one attached hydrogen (secondary N) is 1. The highest BCUT2D eigenvalue weighted by Crippen LogP contribution is 2.16. The lowest BCUT2D eigenvalue weighted by Crippen LogP contribution is -2.20. The van der Waals surface area contributed by atoms with Crippen molar-refractivity contribution in [2.75, 3.05) is 13.1 Å². The molecule has 2 heterocycles. The molecule has 0 bridgehead atoms. The number of aryl methyl sites for hydroxylation is 1. The first-order valence-corrected chi connectivity index (χ1v) is 6.35. The van der Waals surface area contributed by atoms with E-state index in [1.165, 1.54) is 0 Å². The molecule has 1 aliphatic heterocycles. The fraction of sp³-hybridized carbons (Fsp3) is 0.692. The molecular formula is C13H21N3O. The van der Waals surface area contributed by atoms with Gasteiger partial charge in [0.2, 0.25) is 5.88 Å². The molecule has 17 heavy (non-hydrogen) atoms. The maximum absolute atomic E-state index is 5.86. The summed E-state index contributed by atoms with van der Waals surface area (Å²) in [4.78, 5) is 8.79. The van der Waals surface area contributed by atoms with E-state index >= 15 is 0 Å². The molecule has 1 unspecified atom stereocenters. The number of hydrogen-bond acceptors (Lipinski definition) is 4. The molecule has 0 aromatic carbocycles. The number of rotatable bonds is 4. The van der Waals surface area contributed by atoms with Gasteiger partial charge < -0.3 is 10.1 Å². The largest absolute Gasteiger partial charge is 0.473 e. The summed E-state index contributed by atoms with van der Waals surface area (Å²) >= 11 is 0. The Bertz CT molecular complexity index is 373. The van der Waals surface area contributed by atoms with Gasteiger partial charge in [-0.25, -0.2) is 4.98 Å². The van der Waals surface area contributed by atoms with Crippen LogP contribution in [0.15, 0.2) is 6.07 Å². The summed E-state index contributed by atoms with van der Waals surface area (Å²) in [5.74, 6) is 2.12. The van der Waals surface area contributed by atoms with Gasteiger partial charge in [-0.2, -0.15) is 4.98 Å². The molecule has 1 aromatic heterocycles. The van der Waals surface area contributed by atoms with Crippen LogP contribution in [0.5, 0.6) is 5.88 Å². The Morgan fingerprint density at radius 1 is 1.47 bits per heavy atom. The van der Waals surface area contributed by atoms with E-state index in [-0.39, 0.29) is 6.10 Å². The van der Waals surface area contributed by atoms with Gasteiger partial charge in [-0.3, -0.25) is 0 Å². The van der Waals surface area contributed by atoms with Crippen LogP contribution in [0.25, 0.3) is 0 Å². The molecule has 1 fully saturated rings. The summed E-state index contributed by atoms with van der Waals surface area (Å²) in [6.07, 6.45) is 2.29. The number of nitrogens with zero attached hydrogens (tertiary/aromatic N) is 2. The van der Waals surface area contributed by atoms with Crippen LogP contribution >= 0.6 is 0 Å². The lowest BCUT2D eigenvalue weighted by Gasteiger charge is -2.13. The predicted octanol–water partition coefficient (Wildman–Crippen LogP) is 1.72. The van der Waals surface area contributed by atoms with Gasteiger partial charge in [0.25, 0.3) is 0 Å². The van der Waals surface area contributed by atoms with E-state index in [1.54, 1.807) is 0 Å². The first-order valence-electron chi connectivity index (χ1n) is 6.35. The van der Waals surface area contributed by atoms with Crippen molar-refractivity contribution in [2.45, 2.75) is 39.7 Å². The molecule has 1 aliphatic rings. The van der Waals surface area contributed by atoms with Crippen molar-refractivity contribution in [3.63, 3.8) is 0 Å². The van der Waals surface area contributed by atoms with Crippen LogP contribution in [-0.4, -0.2) is 29.2 Å².